The van der Waals surface area contributed by atoms with Gasteiger partial charge in [0, 0.05) is 18.7 Å². The maximum absolute atomic E-state index is 11.8. The van der Waals surface area contributed by atoms with Gasteiger partial charge in [-0.2, -0.15) is 0 Å². The highest BCUT2D eigenvalue weighted by Crippen LogP contribution is 2.28. The molecular weight excluding hydrogens is 266 g/mol. The fourth-order valence-electron chi connectivity index (χ4n) is 2.34. The number of allylic oxidation sites excluding steroid dienone is 1. The molecule has 1 aliphatic rings. The van der Waals surface area contributed by atoms with Gasteiger partial charge in [0.05, 0.1) is 12.7 Å². The number of hydrogen-bond donors (Lipinski definition) is 0. The molecule has 0 saturated heterocycles. The lowest BCUT2D eigenvalue weighted by Gasteiger charge is -2.37. The summed E-state index contributed by atoms with van der Waals surface area (Å²) in [6, 6.07) is 0. The highest BCUT2D eigenvalue weighted by atomic mass is 16.5. The highest BCUT2D eigenvalue weighted by Gasteiger charge is 2.29. The first-order chi connectivity index (χ1) is 10.2. The van der Waals surface area contributed by atoms with Crippen molar-refractivity contribution in [2.24, 2.45) is 0 Å². The quantitative estimate of drug-likeness (QED) is 0.428. The topological polar surface area (TPSA) is 38.8 Å². The van der Waals surface area contributed by atoms with E-state index in [9.17, 15) is 4.79 Å². The molecular formula is C17H25NO3. The molecule has 1 unspecified atom stereocenters. The van der Waals surface area contributed by atoms with Crippen LogP contribution in [0.15, 0.2) is 23.9 Å². The molecule has 0 radical (unpaired) electrons. The number of carbonyl (C=O) groups is 1. The summed E-state index contributed by atoms with van der Waals surface area (Å²) in [7, 11) is 1.41. The van der Waals surface area contributed by atoms with E-state index in [1.807, 2.05) is 17.9 Å². The highest BCUT2D eigenvalue weighted by molar-refractivity contribution is 5.89. The third kappa shape index (κ3) is 4.95. The first-order valence-electron chi connectivity index (χ1n) is 7.38. The van der Waals surface area contributed by atoms with Crippen LogP contribution in [0.25, 0.3) is 0 Å². The Morgan fingerprint density at radius 3 is 2.90 bits per heavy atom. The lowest BCUT2D eigenvalue weighted by Crippen LogP contribution is -2.40. The molecule has 116 valence electrons. The Morgan fingerprint density at radius 1 is 1.52 bits per heavy atom. The van der Waals surface area contributed by atoms with Crippen molar-refractivity contribution in [1.82, 2.24) is 4.90 Å². The third-order valence-corrected chi connectivity index (χ3v) is 3.46. The van der Waals surface area contributed by atoms with Crippen molar-refractivity contribution in [3.8, 4) is 11.8 Å². The molecule has 0 aliphatic carbocycles. The standard InChI is InChI=1S/C17H25NO3/c1-5-7-8-9-13-21-16-11-10-15(17(19)20-4)14(3)18(16)12-6-2/h6,16H,2,5,7,10-13H2,1,3-4H3. The lowest BCUT2D eigenvalue weighted by atomic mass is 10.0. The Labute approximate surface area is 127 Å². The lowest BCUT2D eigenvalue weighted by molar-refractivity contribution is -0.137. The Balaban J connectivity index is 2.74. The first-order valence-corrected chi connectivity index (χ1v) is 7.38. The maximum atomic E-state index is 11.8. The second-order valence-electron chi connectivity index (χ2n) is 4.90. The molecule has 0 saturated carbocycles. The summed E-state index contributed by atoms with van der Waals surface area (Å²) >= 11 is 0. The van der Waals surface area contributed by atoms with Crippen LogP contribution in [0.2, 0.25) is 0 Å². The second-order valence-corrected chi connectivity index (χ2v) is 4.90. The Hall–Kier alpha value is -1.73. The minimum Gasteiger partial charge on any atom is -0.466 e. The molecule has 0 amide bonds. The van der Waals surface area contributed by atoms with Gasteiger partial charge in [0.1, 0.15) is 12.8 Å². The average molecular weight is 291 g/mol. The van der Waals surface area contributed by atoms with Crippen LogP contribution in [0, 0.1) is 11.8 Å². The van der Waals surface area contributed by atoms with E-state index in [0.717, 1.165) is 30.5 Å². The normalized spacial score (nSPS) is 18.0. The number of esters is 1. The van der Waals surface area contributed by atoms with Gasteiger partial charge in [0.2, 0.25) is 0 Å². The van der Waals surface area contributed by atoms with Gasteiger partial charge in [-0.15, -0.1) is 12.5 Å². The summed E-state index contributed by atoms with van der Waals surface area (Å²) in [5.74, 6) is 5.83. The van der Waals surface area contributed by atoms with Gasteiger partial charge in [-0.25, -0.2) is 4.79 Å². The molecule has 0 N–H and O–H groups in total. The summed E-state index contributed by atoms with van der Waals surface area (Å²) in [6.07, 6.45) is 5.12. The molecule has 0 bridgehead atoms. The summed E-state index contributed by atoms with van der Waals surface area (Å²) in [5.41, 5.74) is 1.62. The molecule has 4 heteroatoms. The van der Waals surface area contributed by atoms with Crippen LogP contribution in [-0.4, -0.2) is 37.4 Å². The smallest absolute Gasteiger partial charge is 0.335 e. The van der Waals surface area contributed by atoms with Gasteiger partial charge in [-0.05, 0) is 26.2 Å². The molecule has 0 aromatic carbocycles. The van der Waals surface area contributed by atoms with Gasteiger partial charge in [-0.1, -0.05) is 18.9 Å². The molecule has 0 aromatic heterocycles. The summed E-state index contributed by atoms with van der Waals surface area (Å²) < 4.78 is 10.7. The molecule has 1 heterocycles. The van der Waals surface area contributed by atoms with Crippen molar-refractivity contribution in [3.63, 3.8) is 0 Å². The van der Waals surface area contributed by atoms with Crippen molar-refractivity contribution in [1.29, 1.82) is 0 Å². The second kappa shape index (κ2) is 9.25. The molecule has 1 aliphatic heterocycles. The SMILES string of the molecule is C=CCN1C(C)=C(C(=O)OC)CCC1OCC#CCCC. The van der Waals surface area contributed by atoms with Crippen molar-refractivity contribution in [2.45, 2.75) is 45.8 Å². The number of carbonyl (C=O) groups excluding carboxylic acids is 1. The van der Waals surface area contributed by atoms with Crippen LogP contribution in [-0.2, 0) is 14.3 Å². The molecule has 1 atom stereocenters. The van der Waals surface area contributed by atoms with Crippen LogP contribution in [0.4, 0.5) is 0 Å². The predicted molar refractivity (Wildman–Crippen MR) is 83.3 cm³/mol. The van der Waals surface area contributed by atoms with Crippen LogP contribution < -0.4 is 0 Å². The van der Waals surface area contributed by atoms with E-state index in [-0.39, 0.29) is 12.2 Å². The monoisotopic (exact) mass is 291 g/mol. The molecule has 4 nitrogen and oxygen atoms in total. The zero-order chi connectivity index (χ0) is 15.7. The predicted octanol–water partition coefficient (Wildman–Crippen LogP) is 2.86. The van der Waals surface area contributed by atoms with E-state index in [1.165, 1.54) is 7.11 Å². The number of hydrogen-bond acceptors (Lipinski definition) is 4. The zero-order valence-corrected chi connectivity index (χ0v) is 13.3. The van der Waals surface area contributed by atoms with Gasteiger partial charge in [0.25, 0.3) is 0 Å². The molecule has 0 fully saturated rings. The molecule has 0 spiro atoms. The summed E-state index contributed by atoms with van der Waals surface area (Å²) in [6.45, 7) is 8.85. The summed E-state index contributed by atoms with van der Waals surface area (Å²) in [5, 5.41) is 0. The third-order valence-electron chi connectivity index (χ3n) is 3.46. The number of methoxy groups -OCH3 is 1. The molecule has 1 rings (SSSR count). The minimum atomic E-state index is -0.261. The van der Waals surface area contributed by atoms with E-state index < -0.39 is 0 Å². The summed E-state index contributed by atoms with van der Waals surface area (Å²) in [4.78, 5) is 13.8. The maximum Gasteiger partial charge on any atom is 0.335 e. The Bertz CT molecular complexity index is 456. The van der Waals surface area contributed by atoms with Crippen LogP contribution >= 0.6 is 0 Å². The number of ether oxygens (including phenoxy) is 2. The van der Waals surface area contributed by atoms with Crippen molar-refractivity contribution in [2.75, 3.05) is 20.3 Å². The molecule has 0 aromatic rings. The van der Waals surface area contributed by atoms with Gasteiger partial charge in [-0.3, -0.25) is 0 Å². The average Bonchev–Trinajstić information content (AvgIpc) is 2.49. The van der Waals surface area contributed by atoms with Gasteiger partial charge < -0.3 is 14.4 Å². The molecule has 21 heavy (non-hydrogen) atoms. The fourth-order valence-corrected chi connectivity index (χ4v) is 2.34. The van der Waals surface area contributed by atoms with Crippen LogP contribution in [0.3, 0.4) is 0 Å². The van der Waals surface area contributed by atoms with E-state index >= 15 is 0 Å². The van der Waals surface area contributed by atoms with Crippen LogP contribution in [0.1, 0.15) is 39.5 Å². The largest absolute Gasteiger partial charge is 0.466 e. The number of rotatable bonds is 6. The van der Waals surface area contributed by atoms with E-state index in [1.54, 1.807) is 0 Å². The van der Waals surface area contributed by atoms with Crippen molar-refractivity contribution in [3.05, 3.63) is 23.9 Å². The zero-order valence-electron chi connectivity index (χ0n) is 13.3. The van der Waals surface area contributed by atoms with Crippen molar-refractivity contribution >= 4 is 5.97 Å². The van der Waals surface area contributed by atoms with Gasteiger partial charge in [0.15, 0.2) is 0 Å². The Kier molecular flexibility index (Phi) is 7.63. The fraction of sp³-hybridized carbons (Fsp3) is 0.588. The van der Waals surface area contributed by atoms with Crippen LogP contribution in [0.5, 0.6) is 0 Å². The van der Waals surface area contributed by atoms with E-state index in [0.29, 0.717) is 19.6 Å². The number of unbranched alkanes of at least 4 members (excludes halogenated alkanes) is 1. The van der Waals surface area contributed by atoms with E-state index in [2.05, 4.69) is 25.3 Å². The first kappa shape index (κ1) is 17.3. The van der Waals surface area contributed by atoms with E-state index in [4.69, 9.17) is 9.47 Å². The number of nitrogens with zero attached hydrogens (tertiary/aromatic N) is 1. The van der Waals surface area contributed by atoms with Gasteiger partial charge >= 0.3 is 5.97 Å². The minimum absolute atomic E-state index is 0.0627. The Morgan fingerprint density at radius 2 is 2.29 bits per heavy atom. The van der Waals surface area contributed by atoms with Crippen molar-refractivity contribution < 1.29 is 14.3 Å².